The minimum absolute atomic E-state index is 0.0252. The van der Waals surface area contributed by atoms with E-state index in [2.05, 4.69) is 29.5 Å². The zero-order valence-corrected chi connectivity index (χ0v) is 14.2. The van der Waals surface area contributed by atoms with Crippen molar-refractivity contribution >= 4 is 16.8 Å². The molecule has 6 nitrogen and oxygen atoms in total. The molecule has 1 heterocycles. The van der Waals surface area contributed by atoms with Gasteiger partial charge >= 0.3 is 0 Å². The number of benzene rings is 1. The van der Waals surface area contributed by atoms with E-state index >= 15 is 0 Å². The van der Waals surface area contributed by atoms with Gasteiger partial charge in [0.05, 0.1) is 11.9 Å². The Hall–Kier alpha value is -2.24. The van der Waals surface area contributed by atoms with Crippen LogP contribution in [0.3, 0.4) is 0 Å². The SMILES string of the molecule is CC1CCCC(NC(=O)CCn2nnc3ccccc3c2=O)C1C. The second-order valence-electron chi connectivity index (χ2n) is 6.83. The van der Waals surface area contributed by atoms with Crippen LogP contribution in [0.25, 0.3) is 10.9 Å². The number of carbonyl (C=O) groups is 1. The zero-order valence-electron chi connectivity index (χ0n) is 14.2. The van der Waals surface area contributed by atoms with Gasteiger partial charge in [-0.3, -0.25) is 9.59 Å². The molecule has 1 amide bonds. The zero-order chi connectivity index (χ0) is 17.1. The minimum Gasteiger partial charge on any atom is -0.353 e. The van der Waals surface area contributed by atoms with Crippen molar-refractivity contribution in [1.82, 2.24) is 20.3 Å². The average molecular weight is 328 g/mol. The summed E-state index contributed by atoms with van der Waals surface area (Å²) in [4.78, 5) is 24.6. The summed E-state index contributed by atoms with van der Waals surface area (Å²) in [6.07, 6.45) is 3.67. The van der Waals surface area contributed by atoms with Crippen molar-refractivity contribution < 1.29 is 4.79 Å². The summed E-state index contributed by atoms with van der Waals surface area (Å²) < 4.78 is 1.27. The summed E-state index contributed by atoms with van der Waals surface area (Å²) >= 11 is 0. The molecule has 2 aromatic rings. The lowest BCUT2D eigenvalue weighted by molar-refractivity contribution is -0.122. The number of fused-ring (bicyclic) bond motifs is 1. The molecule has 0 bridgehead atoms. The highest BCUT2D eigenvalue weighted by Crippen LogP contribution is 2.29. The van der Waals surface area contributed by atoms with E-state index in [9.17, 15) is 9.59 Å². The Bertz CT molecular complexity index is 786. The van der Waals surface area contributed by atoms with Crippen molar-refractivity contribution in [1.29, 1.82) is 0 Å². The van der Waals surface area contributed by atoms with Crippen molar-refractivity contribution in [3.8, 4) is 0 Å². The molecule has 1 aliphatic carbocycles. The summed E-state index contributed by atoms with van der Waals surface area (Å²) in [5.41, 5.74) is 0.376. The predicted molar refractivity (Wildman–Crippen MR) is 92.5 cm³/mol. The molecule has 3 unspecified atom stereocenters. The summed E-state index contributed by atoms with van der Waals surface area (Å²) in [7, 11) is 0. The lowest BCUT2D eigenvalue weighted by Crippen LogP contribution is -2.44. The topological polar surface area (TPSA) is 76.9 Å². The maximum absolute atomic E-state index is 12.4. The lowest BCUT2D eigenvalue weighted by atomic mass is 9.78. The first-order valence-electron chi connectivity index (χ1n) is 8.68. The monoisotopic (exact) mass is 328 g/mol. The van der Waals surface area contributed by atoms with Gasteiger partial charge < -0.3 is 5.32 Å². The Morgan fingerprint density at radius 1 is 1.29 bits per heavy atom. The minimum atomic E-state index is -0.201. The molecule has 3 rings (SSSR count). The molecule has 0 radical (unpaired) electrons. The van der Waals surface area contributed by atoms with Gasteiger partial charge in [-0.2, -0.15) is 0 Å². The van der Waals surface area contributed by atoms with E-state index in [0.29, 0.717) is 22.7 Å². The van der Waals surface area contributed by atoms with E-state index in [-0.39, 0.29) is 30.5 Å². The number of carbonyl (C=O) groups excluding carboxylic acids is 1. The van der Waals surface area contributed by atoms with Crippen molar-refractivity contribution in [3.05, 3.63) is 34.6 Å². The molecule has 1 N–H and O–H groups in total. The molecule has 1 saturated carbocycles. The van der Waals surface area contributed by atoms with Gasteiger partial charge in [-0.25, -0.2) is 4.68 Å². The number of hydrogen-bond acceptors (Lipinski definition) is 4. The highest BCUT2D eigenvalue weighted by Gasteiger charge is 2.27. The fourth-order valence-corrected chi connectivity index (χ4v) is 3.44. The van der Waals surface area contributed by atoms with E-state index < -0.39 is 0 Å². The summed E-state index contributed by atoms with van der Waals surface area (Å²) in [6, 6.07) is 7.34. The summed E-state index contributed by atoms with van der Waals surface area (Å²) in [5.74, 6) is 1.10. The average Bonchev–Trinajstić information content (AvgIpc) is 2.59. The van der Waals surface area contributed by atoms with E-state index in [1.54, 1.807) is 18.2 Å². The number of nitrogens with zero attached hydrogens (tertiary/aromatic N) is 3. The molecule has 1 fully saturated rings. The summed E-state index contributed by atoms with van der Waals surface area (Å²) in [5, 5.41) is 11.6. The molecule has 0 aliphatic heterocycles. The molecule has 128 valence electrons. The Morgan fingerprint density at radius 3 is 2.92 bits per heavy atom. The lowest BCUT2D eigenvalue weighted by Gasteiger charge is -2.34. The molecule has 6 heteroatoms. The van der Waals surface area contributed by atoms with Crippen LogP contribution in [0.15, 0.2) is 29.1 Å². The molecule has 0 spiro atoms. The molecule has 24 heavy (non-hydrogen) atoms. The van der Waals surface area contributed by atoms with Crippen molar-refractivity contribution in [2.75, 3.05) is 0 Å². The second kappa shape index (κ2) is 7.11. The maximum atomic E-state index is 12.4. The van der Waals surface area contributed by atoms with Crippen LogP contribution < -0.4 is 10.9 Å². The molecule has 1 aliphatic rings. The number of nitrogens with one attached hydrogen (secondary N) is 1. The number of amides is 1. The van der Waals surface area contributed by atoms with Crippen LogP contribution in [0.2, 0.25) is 0 Å². The van der Waals surface area contributed by atoms with Gasteiger partial charge in [-0.15, -0.1) is 5.10 Å². The van der Waals surface area contributed by atoms with Gasteiger partial charge in [0.15, 0.2) is 0 Å². The molecule has 1 aromatic heterocycles. The van der Waals surface area contributed by atoms with Crippen molar-refractivity contribution in [3.63, 3.8) is 0 Å². The first kappa shape index (κ1) is 16.6. The van der Waals surface area contributed by atoms with E-state index in [1.165, 1.54) is 11.1 Å². The Morgan fingerprint density at radius 2 is 2.08 bits per heavy atom. The predicted octanol–water partition coefficient (Wildman–Crippen LogP) is 2.12. The first-order chi connectivity index (χ1) is 11.6. The van der Waals surface area contributed by atoms with Crippen LogP contribution in [-0.4, -0.2) is 26.9 Å². The van der Waals surface area contributed by atoms with E-state index in [4.69, 9.17) is 0 Å². The fourth-order valence-electron chi connectivity index (χ4n) is 3.44. The third-order valence-electron chi connectivity index (χ3n) is 5.23. The normalized spacial score (nSPS) is 24.0. The van der Waals surface area contributed by atoms with Crippen LogP contribution in [-0.2, 0) is 11.3 Å². The Balaban J connectivity index is 1.62. The molecular formula is C18H24N4O2. The summed E-state index contributed by atoms with van der Waals surface area (Å²) in [6.45, 7) is 4.69. The van der Waals surface area contributed by atoms with Gasteiger partial charge in [0, 0.05) is 12.5 Å². The smallest absolute Gasteiger partial charge is 0.277 e. The van der Waals surface area contributed by atoms with E-state index in [0.717, 1.165) is 12.8 Å². The standard InChI is InChI=1S/C18H24N4O2/c1-12-6-5-9-15(13(12)2)19-17(23)10-11-22-18(24)14-7-3-4-8-16(14)20-21-22/h3-4,7-8,12-13,15H,5-6,9-11H2,1-2H3,(H,19,23). The maximum Gasteiger partial charge on any atom is 0.277 e. The number of rotatable bonds is 4. The Kier molecular flexibility index (Phi) is 4.92. The quantitative estimate of drug-likeness (QED) is 0.932. The highest BCUT2D eigenvalue weighted by molar-refractivity contribution is 5.77. The molecule has 3 atom stereocenters. The van der Waals surface area contributed by atoms with Crippen LogP contribution in [0, 0.1) is 11.8 Å². The third kappa shape index (κ3) is 3.47. The first-order valence-corrected chi connectivity index (χ1v) is 8.68. The largest absolute Gasteiger partial charge is 0.353 e. The number of aryl methyl sites for hydroxylation is 1. The highest BCUT2D eigenvalue weighted by atomic mass is 16.2. The Labute approximate surface area is 141 Å². The molecular weight excluding hydrogens is 304 g/mol. The number of hydrogen-bond donors (Lipinski definition) is 1. The van der Waals surface area contributed by atoms with Gasteiger partial charge in [-0.1, -0.05) is 44.0 Å². The van der Waals surface area contributed by atoms with Crippen molar-refractivity contribution in [2.45, 2.75) is 52.1 Å². The van der Waals surface area contributed by atoms with Crippen LogP contribution in [0.5, 0.6) is 0 Å². The third-order valence-corrected chi connectivity index (χ3v) is 5.23. The van der Waals surface area contributed by atoms with Crippen LogP contribution in [0.1, 0.15) is 39.5 Å². The second-order valence-corrected chi connectivity index (χ2v) is 6.83. The van der Waals surface area contributed by atoms with Crippen LogP contribution in [0.4, 0.5) is 0 Å². The van der Waals surface area contributed by atoms with E-state index in [1.807, 2.05) is 6.07 Å². The van der Waals surface area contributed by atoms with Gasteiger partial charge in [0.25, 0.3) is 5.56 Å². The fraction of sp³-hybridized carbons (Fsp3) is 0.556. The van der Waals surface area contributed by atoms with Gasteiger partial charge in [-0.05, 0) is 30.4 Å². The van der Waals surface area contributed by atoms with Gasteiger partial charge in [0.1, 0.15) is 5.52 Å². The van der Waals surface area contributed by atoms with Gasteiger partial charge in [0.2, 0.25) is 5.91 Å². The molecule has 0 saturated heterocycles. The molecule has 1 aromatic carbocycles. The van der Waals surface area contributed by atoms with Crippen LogP contribution >= 0.6 is 0 Å². The van der Waals surface area contributed by atoms with Crippen molar-refractivity contribution in [2.24, 2.45) is 11.8 Å². The number of aromatic nitrogens is 3.